The number of anilines is 1. The van der Waals surface area contributed by atoms with Gasteiger partial charge >= 0.3 is 0 Å². The van der Waals surface area contributed by atoms with Crippen LogP contribution in [0.4, 0.5) is 11.4 Å². The summed E-state index contributed by atoms with van der Waals surface area (Å²) in [6.45, 7) is 3.83. The predicted molar refractivity (Wildman–Crippen MR) is 124 cm³/mol. The largest absolute Gasteiger partial charge is 0.497 e. The number of hydrogen-bond donors (Lipinski definition) is 1. The summed E-state index contributed by atoms with van der Waals surface area (Å²) in [5.41, 5.74) is 2.24. The number of amidine groups is 2. The summed E-state index contributed by atoms with van der Waals surface area (Å²) in [4.78, 5) is 36.8. The Bertz CT molecular complexity index is 1080. The van der Waals surface area contributed by atoms with Gasteiger partial charge in [-0.05, 0) is 37.6 Å². The standard InChI is InChI=1S/C23H24N4O3S/c1-4-8-19-22(29)27-20(25-19)17-11-5-6-12-18(17)26-23(27)31-14(2)21(28)24-15-9-7-10-16(13-15)30-3/h5-7,9-14,19H,4,8H2,1-3H3,(H,24,28)/t14-,19+/m0/s1. The third-order valence-electron chi connectivity index (χ3n) is 5.10. The lowest BCUT2D eigenvalue weighted by Crippen LogP contribution is -2.42. The molecule has 0 saturated heterocycles. The molecule has 7 nitrogen and oxygen atoms in total. The van der Waals surface area contributed by atoms with Crippen LogP contribution in [0, 0.1) is 0 Å². The van der Waals surface area contributed by atoms with E-state index in [0.29, 0.717) is 28.9 Å². The molecule has 2 atom stereocenters. The molecule has 8 heteroatoms. The van der Waals surface area contributed by atoms with Gasteiger partial charge in [-0.3, -0.25) is 14.6 Å². The Kier molecular flexibility index (Phi) is 6.08. The van der Waals surface area contributed by atoms with Gasteiger partial charge in [0.15, 0.2) is 5.17 Å². The van der Waals surface area contributed by atoms with Crippen LogP contribution in [0.2, 0.25) is 0 Å². The number of rotatable bonds is 6. The zero-order chi connectivity index (χ0) is 22.0. The minimum atomic E-state index is -0.477. The molecule has 0 fully saturated rings. The molecule has 0 radical (unpaired) electrons. The molecule has 0 unspecified atom stereocenters. The second-order valence-electron chi connectivity index (χ2n) is 7.32. The van der Waals surface area contributed by atoms with Crippen molar-refractivity contribution in [1.29, 1.82) is 0 Å². The van der Waals surface area contributed by atoms with Gasteiger partial charge < -0.3 is 10.1 Å². The molecule has 0 saturated carbocycles. The molecule has 2 aliphatic rings. The van der Waals surface area contributed by atoms with E-state index in [1.807, 2.05) is 43.3 Å². The van der Waals surface area contributed by atoms with E-state index >= 15 is 0 Å². The van der Waals surface area contributed by atoms with Crippen molar-refractivity contribution < 1.29 is 14.3 Å². The van der Waals surface area contributed by atoms with Gasteiger partial charge in [0, 0.05) is 17.3 Å². The van der Waals surface area contributed by atoms with Gasteiger partial charge in [-0.25, -0.2) is 9.89 Å². The maximum atomic E-state index is 13.1. The first-order valence-corrected chi connectivity index (χ1v) is 11.1. The van der Waals surface area contributed by atoms with Crippen molar-refractivity contribution in [2.45, 2.75) is 38.0 Å². The summed E-state index contributed by atoms with van der Waals surface area (Å²) in [7, 11) is 1.58. The molecule has 0 aromatic heterocycles. The first kappa shape index (κ1) is 21.1. The fourth-order valence-electron chi connectivity index (χ4n) is 3.50. The van der Waals surface area contributed by atoms with E-state index < -0.39 is 11.3 Å². The monoisotopic (exact) mass is 436 g/mol. The molecule has 2 aromatic carbocycles. The van der Waals surface area contributed by atoms with E-state index in [-0.39, 0.29) is 11.8 Å². The second-order valence-corrected chi connectivity index (χ2v) is 8.63. The molecule has 2 aliphatic heterocycles. The lowest BCUT2D eigenvalue weighted by Gasteiger charge is -2.26. The first-order valence-electron chi connectivity index (χ1n) is 10.2. The molecule has 0 bridgehead atoms. The van der Waals surface area contributed by atoms with Crippen molar-refractivity contribution in [3.8, 4) is 5.75 Å². The average molecular weight is 437 g/mol. The van der Waals surface area contributed by atoms with Gasteiger partial charge in [0.05, 0.1) is 18.0 Å². The zero-order valence-electron chi connectivity index (χ0n) is 17.7. The van der Waals surface area contributed by atoms with Crippen LogP contribution < -0.4 is 10.1 Å². The van der Waals surface area contributed by atoms with Crippen LogP contribution in [0.1, 0.15) is 32.3 Å². The second kappa shape index (κ2) is 8.93. The Morgan fingerprint density at radius 3 is 2.84 bits per heavy atom. The lowest BCUT2D eigenvalue weighted by molar-refractivity contribution is -0.124. The summed E-state index contributed by atoms with van der Waals surface area (Å²) in [6, 6.07) is 14.4. The first-order chi connectivity index (χ1) is 15.0. The summed E-state index contributed by atoms with van der Waals surface area (Å²) in [5, 5.41) is 2.90. The lowest BCUT2D eigenvalue weighted by atomic mass is 10.1. The van der Waals surface area contributed by atoms with E-state index in [1.54, 1.807) is 31.1 Å². The van der Waals surface area contributed by atoms with Crippen LogP contribution in [0.15, 0.2) is 58.5 Å². The van der Waals surface area contributed by atoms with Gasteiger partial charge in [0.25, 0.3) is 5.91 Å². The highest BCUT2D eigenvalue weighted by Gasteiger charge is 2.41. The molecule has 2 amide bonds. The topological polar surface area (TPSA) is 83.4 Å². The van der Waals surface area contributed by atoms with Gasteiger partial charge in [-0.1, -0.05) is 43.3 Å². The van der Waals surface area contributed by atoms with Gasteiger partial charge in [0.2, 0.25) is 5.91 Å². The summed E-state index contributed by atoms with van der Waals surface area (Å²) in [5.74, 6) is 1.02. The van der Waals surface area contributed by atoms with Crippen LogP contribution in [0.25, 0.3) is 0 Å². The fourth-order valence-corrected chi connectivity index (χ4v) is 4.41. The van der Waals surface area contributed by atoms with Crippen LogP contribution in [-0.2, 0) is 9.59 Å². The number of carbonyl (C=O) groups is 2. The number of nitrogens with one attached hydrogen (secondary N) is 1. The normalized spacial score (nSPS) is 18.0. The van der Waals surface area contributed by atoms with Crippen molar-refractivity contribution >= 4 is 46.0 Å². The van der Waals surface area contributed by atoms with Gasteiger partial charge in [-0.2, -0.15) is 0 Å². The van der Waals surface area contributed by atoms with Crippen molar-refractivity contribution in [2.24, 2.45) is 9.98 Å². The van der Waals surface area contributed by atoms with E-state index in [0.717, 1.165) is 17.7 Å². The number of carbonyl (C=O) groups excluding carboxylic acids is 2. The van der Waals surface area contributed by atoms with Crippen LogP contribution >= 0.6 is 11.8 Å². The Hall–Kier alpha value is -3.13. The summed E-state index contributed by atoms with van der Waals surface area (Å²) >= 11 is 1.25. The Morgan fingerprint density at radius 2 is 2.06 bits per heavy atom. The number of amides is 2. The molecule has 2 aromatic rings. The molecule has 4 rings (SSSR count). The molecule has 0 aliphatic carbocycles. The molecule has 2 heterocycles. The Labute approximate surface area is 185 Å². The van der Waals surface area contributed by atoms with Crippen molar-refractivity contribution in [3.05, 3.63) is 54.1 Å². The number of methoxy groups -OCH3 is 1. The van der Waals surface area contributed by atoms with Crippen molar-refractivity contribution in [1.82, 2.24) is 4.90 Å². The van der Waals surface area contributed by atoms with Crippen molar-refractivity contribution in [2.75, 3.05) is 12.4 Å². The van der Waals surface area contributed by atoms with E-state index in [2.05, 4.69) is 5.32 Å². The number of para-hydroxylation sites is 1. The Morgan fingerprint density at radius 1 is 1.26 bits per heavy atom. The number of nitrogens with zero attached hydrogens (tertiary/aromatic N) is 3. The van der Waals surface area contributed by atoms with E-state index in [9.17, 15) is 9.59 Å². The smallest absolute Gasteiger partial charge is 0.259 e. The van der Waals surface area contributed by atoms with E-state index in [1.165, 1.54) is 11.8 Å². The minimum absolute atomic E-state index is 0.0852. The number of hydrogen-bond acceptors (Lipinski definition) is 6. The third-order valence-corrected chi connectivity index (χ3v) is 6.15. The number of benzene rings is 2. The maximum Gasteiger partial charge on any atom is 0.259 e. The number of fused-ring (bicyclic) bond motifs is 3. The van der Waals surface area contributed by atoms with Gasteiger partial charge in [0.1, 0.15) is 17.6 Å². The van der Waals surface area contributed by atoms with E-state index in [4.69, 9.17) is 14.7 Å². The molecule has 1 N–H and O–H groups in total. The highest BCUT2D eigenvalue weighted by Crippen LogP contribution is 2.35. The molecule has 31 heavy (non-hydrogen) atoms. The number of ether oxygens (including phenoxy) is 1. The zero-order valence-corrected chi connectivity index (χ0v) is 18.5. The summed E-state index contributed by atoms with van der Waals surface area (Å²) < 4.78 is 5.21. The number of thioether (sulfide) groups is 1. The Balaban J connectivity index is 1.57. The fraction of sp³-hybridized carbons (Fsp3) is 0.304. The molecular formula is C23H24N4O3S. The third kappa shape index (κ3) is 4.20. The summed E-state index contributed by atoms with van der Waals surface area (Å²) in [6.07, 6.45) is 1.55. The van der Waals surface area contributed by atoms with Crippen LogP contribution in [-0.4, -0.2) is 46.1 Å². The quantitative estimate of drug-likeness (QED) is 0.735. The minimum Gasteiger partial charge on any atom is -0.497 e. The predicted octanol–water partition coefficient (Wildman–Crippen LogP) is 4.21. The maximum absolute atomic E-state index is 13.1. The molecule has 160 valence electrons. The number of aliphatic imine (C=N–C) groups is 2. The molecular weight excluding hydrogens is 412 g/mol. The van der Waals surface area contributed by atoms with Gasteiger partial charge in [-0.15, -0.1) is 0 Å². The van der Waals surface area contributed by atoms with Crippen LogP contribution in [0.3, 0.4) is 0 Å². The SMILES string of the molecule is CCC[C@H]1N=C2c3ccccc3N=C(S[C@@H](C)C(=O)Nc3cccc(OC)c3)N2C1=O. The highest BCUT2D eigenvalue weighted by molar-refractivity contribution is 8.15. The van der Waals surface area contributed by atoms with Crippen molar-refractivity contribution in [3.63, 3.8) is 0 Å². The highest BCUT2D eigenvalue weighted by atomic mass is 32.2. The average Bonchev–Trinajstić information content (AvgIpc) is 3.11. The molecule has 0 spiro atoms. The van der Waals surface area contributed by atoms with Crippen LogP contribution in [0.5, 0.6) is 5.75 Å².